The highest BCUT2D eigenvalue weighted by Gasteiger charge is 2.35. The fourth-order valence-corrected chi connectivity index (χ4v) is 3.57. The van der Waals surface area contributed by atoms with Crippen molar-refractivity contribution in [3.63, 3.8) is 0 Å². The van der Waals surface area contributed by atoms with Crippen molar-refractivity contribution < 1.29 is 4.79 Å². The molecule has 1 heterocycles. The summed E-state index contributed by atoms with van der Waals surface area (Å²) in [6.07, 6.45) is 4.61. The SMILES string of the molecule is NC(=O)[C@@H]1CC(C2CCCc3ccccc32)CN1. The van der Waals surface area contributed by atoms with E-state index in [0.717, 1.165) is 13.0 Å². The molecule has 3 N–H and O–H groups in total. The topological polar surface area (TPSA) is 55.1 Å². The van der Waals surface area contributed by atoms with Crippen molar-refractivity contribution in [3.8, 4) is 0 Å². The molecule has 1 aliphatic carbocycles. The molecule has 1 aliphatic heterocycles. The maximum atomic E-state index is 11.2. The van der Waals surface area contributed by atoms with Crippen molar-refractivity contribution >= 4 is 5.91 Å². The maximum Gasteiger partial charge on any atom is 0.234 e. The number of carbonyl (C=O) groups is 1. The van der Waals surface area contributed by atoms with E-state index in [2.05, 4.69) is 29.6 Å². The Hall–Kier alpha value is -1.35. The van der Waals surface area contributed by atoms with Crippen molar-refractivity contribution in [3.05, 3.63) is 35.4 Å². The van der Waals surface area contributed by atoms with Gasteiger partial charge in [0, 0.05) is 0 Å². The van der Waals surface area contributed by atoms with Crippen LogP contribution >= 0.6 is 0 Å². The zero-order chi connectivity index (χ0) is 12.5. The molecule has 96 valence electrons. The molecule has 0 aromatic heterocycles. The van der Waals surface area contributed by atoms with Gasteiger partial charge >= 0.3 is 0 Å². The highest BCUT2D eigenvalue weighted by Crippen LogP contribution is 2.39. The van der Waals surface area contributed by atoms with Gasteiger partial charge in [-0.05, 0) is 55.2 Å². The van der Waals surface area contributed by atoms with Crippen LogP contribution in [0.1, 0.15) is 36.3 Å². The second-order valence-corrected chi connectivity index (χ2v) is 5.56. The molecular formula is C15H20N2O. The first-order chi connectivity index (χ1) is 8.75. The number of fused-ring (bicyclic) bond motifs is 1. The van der Waals surface area contributed by atoms with Gasteiger partial charge < -0.3 is 11.1 Å². The standard InChI is InChI=1S/C15H20N2O/c16-15(18)14-8-11(9-17-14)13-7-3-5-10-4-1-2-6-12(10)13/h1-2,4,6,11,13-14,17H,3,5,7-9H2,(H2,16,18)/t11?,13?,14-/m0/s1. The quantitative estimate of drug-likeness (QED) is 0.829. The third-order valence-corrected chi connectivity index (χ3v) is 4.49. The molecule has 0 spiro atoms. The largest absolute Gasteiger partial charge is 0.368 e. The number of hydrogen-bond donors (Lipinski definition) is 2. The predicted octanol–water partition coefficient (Wildman–Crippen LogP) is 1.57. The van der Waals surface area contributed by atoms with Crippen LogP contribution in [0.4, 0.5) is 0 Å². The number of amides is 1. The average Bonchev–Trinajstić information content (AvgIpc) is 2.87. The van der Waals surface area contributed by atoms with Gasteiger partial charge in [0.1, 0.15) is 0 Å². The van der Waals surface area contributed by atoms with Crippen LogP contribution in [0, 0.1) is 5.92 Å². The molecule has 3 atom stereocenters. The number of benzene rings is 1. The Morgan fingerprint density at radius 2 is 2.17 bits per heavy atom. The van der Waals surface area contributed by atoms with Gasteiger partial charge in [-0.2, -0.15) is 0 Å². The lowest BCUT2D eigenvalue weighted by Crippen LogP contribution is -2.36. The third-order valence-electron chi connectivity index (χ3n) is 4.49. The van der Waals surface area contributed by atoms with Crippen molar-refractivity contribution in [1.29, 1.82) is 0 Å². The van der Waals surface area contributed by atoms with E-state index >= 15 is 0 Å². The van der Waals surface area contributed by atoms with E-state index in [4.69, 9.17) is 5.73 Å². The fraction of sp³-hybridized carbons (Fsp3) is 0.533. The summed E-state index contributed by atoms with van der Waals surface area (Å²) in [5, 5.41) is 3.26. The van der Waals surface area contributed by atoms with Crippen LogP contribution in [0.2, 0.25) is 0 Å². The summed E-state index contributed by atoms with van der Waals surface area (Å²) >= 11 is 0. The summed E-state index contributed by atoms with van der Waals surface area (Å²) in [7, 11) is 0. The van der Waals surface area contributed by atoms with Gasteiger partial charge in [0.05, 0.1) is 6.04 Å². The van der Waals surface area contributed by atoms with Crippen molar-refractivity contribution in [2.45, 2.75) is 37.6 Å². The number of hydrogen-bond acceptors (Lipinski definition) is 2. The molecule has 3 nitrogen and oxygen atoms in total. The van der Waals surface area contributed by atoms with E-state index in [-0.39, 0.29) is 11.9 Å². The molecule has 3 heteroatoms. The van der Waals surface area contributed by atoms with Crippen LogP contribution in [0.25, 0.3) is 0 Å². The first-order valence-corrected chi connectivity index (χ1v) is 6.86. The molecule has 1 saturated heterocycles. The number of aryl methyl sites for hydroxylation is 1. The van der Waals surface area contributed by atoms with E-state index in [1.807, 2.05) is 0 Å². The summed E-state index contributed by atoms with van der Waals surface area (Å²) < 4.78 is 0. The molecule has 2 unspecified atom stereocenters. The summed E-state index contributed by atoms with van der Waals surface area (Å²) in [5.74, 6) is 0.956. The maximum absolute atomic E-state index is 11.2. The van der Waals surface area contributed by atoms with Crippen LogP contribution in [0.5, 0.6) is 0 Å². The summed E-state index contributed by atoms with van der Waals surface area (Å²) in [6.45, 7) is 0.923. The molecule has 2 aliphatic rings. The van der Waals surface area contributed by atoms with Crippen LogP contribution in [0.15, 0.2) is 24.3 Å². The first kappa shape index (κ1) is 11.7. The van der Waals surface area contributed by atoms with E-state index in [1.165, 1.54) is 30.4 Å². The number of rotatable bonds is 2. The number of nitrogens with one attached hydrogen (secondary N) is 1. The van der Waals surface area contributed by atoms with E-state index in [9.17, 15) is 4.79 Å². The van der Waals surface area contributed by atoms with Gasteiger partial charge in [0.2, 0.25) is 5.91 Å². The fourth-order valence-electron chi connectivity index (χ4n) is 3.57. The monoisotopic (exact) mass is 244 g/mol. The lowest BCUT2D eigenvalue weighted by molar-refractivity contribution is -0.119. The van der Waals surface area contributed by atoms with E-state index < -0.39 is 0 Å². The van der Waals surface area contributed by atoms with Gasteiger partial charge in [-0.1, -0.05) is 24.3 Å². The van der Waals surface area contributed by atoms with Crippen molar-refractivity contribution in [2.75, 3.05) is 6.54 Å². The Labute approximate surface area is 108 Å². The van der Waals surface area contributed by atoms with E-state index in [1.54, 1.807) is 0 Å². The minimum atomic E-state index is -0.207. The molecular weight excluding hydrogens is 224 g/mol. The summed E-state index contributed by atoms with van der Waals surface area (Å²) in [4.78, 5) is 11.2. The average molecular weight is 244 g/mol. The number of carbonyl (C=O) groups excluding carboxylic acids is 1. The highest BCUT2D eigenvalue weighted by atomic mass is 16.1. The minimum absolute atomic E-state index is 0.121. The van der Waals surface area contributed by atoms with Crippen molar-refractivity contribution in [1.82, 2.24) is 5.32 Å². The molecule has 18 heavy (non-hydrogen) atoms. The van der Waals surface area contributed by atoms with Crippen LogP contribution < -0.4 is 11.1 Å². The lowest BCUT2D eigenvalue weighted by atomic mass is 9.75. The Morgan fingerprint density at radius 3 is 2.94 bits per heavy atom. The molecule has 1 fully saturated rings. The molecule has 1 amide bonds. The molecule has 1 aromatic carbocycles. The third kappa shape index (κ3) is 2.03. The smallest absolute Gasteiger partial charge is 0.234 e. The zero-order valence-electron chi connectivity index (χ0n) is 10.6. The van der Waals surface area contributed by atoms with Gasteiger partial charge in [0.25, 0.3) is 0 Å². The molecule has 1 aromatic rings. The molecule has 0 saturated carbocycles. The zero-order valence-corrected chi connectivity index (χ0v) is 10.6. The van der Waals surface area contributed by atoms with Crippen LogP contribution in [-0.4, -0.2) is 18.5 Å². The normalized spacial score (nSPS) is 31.0. The Bertz CT molecular complexity index is 458. The summed E-state index contributed by atoms with van der Waals surface area (Å²) in [6, 6.07) is 8.64. The van der Waals surface area contributed by atoms with E-state index in [0.29, 0.717) is 11.8 Å². The van der Waals surface area contributed by atoms with Crippen LogP contribution in [0.3, 0.4) is 0 Å². The number of nitrogens with two attached hydrogens (primary N) is 1. The predicted molar refractivity (Wildman–Crippen MR) is 71.2 cm³/mol. The van der Waals surface area contributed by atoms with Gasteiger partial charge in [-0.15, -0.1) is 0 Å². The first-order valence-electron chi connectivity index (χ1n) is 6.86. The second kappa shape index (κ2) is 4.73. The molecule has 3 rings (SSSR count). The second-order valence-electron chi connectivity index (χ2n) is 5.56. The summed E-state index contributed by atoms with van der Waals surface area (Å²) in [5.41, 5.74) is 8.38. The Morgan fingerprint density at radius 1 is 1.33 bits per heavy atom. The molecule has 0 bridgehead atoms. The van der Waals surface area contributed by atoms with Gasteiger partial charge in [-0.25, -0.2) is 0 Å². The Balaban J connectivity index is 1.80. The molecule has 0 radical (unpaired) electrons. The van der Waals surface area contributed by atoms with Gasteiger partial charge in [0.15, 0.2) is 0 Å². The minimum Gasteiger partial charge on any atom is -0.368 e. The highest BCUT2D eigenvalue weighted by molar-refractivity contribution is 5.80. The Kier molecular flexibility index (Phi) is 3.08. The van der Waals surface area contributed by atoms with Crippen molar-refractivity contribution in [2.24, 2.45) is 11.7 Å². The van der Waals surface area contributed by atoms with Crippen LogP contribution in [-0.2, 0) is 11.2 Å². The number of primary amides is 1. The lowest BCUT2D eigenvalue weighted by Gasteiger charge is -2.29. The van der Waals surface area contributed by atoms with Gasteiger partial charge in [-0.3, -0.25) is 4.79 Å².